The maximum Gasteiger partial charge on any atom is 0.208 e. The minimum atomic E-state index is -0.699. The van der Waals surface area contributed by atoms with Gasteiger partial charge in [-0.2, -0.15) is 0 Å². The molecule has 0 spiro atoms. The summed E-state index contributed by atoms with van der Waals surface area (Å²) in [5, 5.41) is 2.79. The maximum atomic E-state index is 10.2. The van der Waals surface area contributed by atoms with Crippen molar-refractivity contribution in [1.82, 2.24) is 0 Å². The van der Waals surface area contributed by atoms with Gasteiger partial charge in [-0.1, -0.05) is 30.3 Å². The first-order valence-corrected chi connectivity index (χ1v) is 4.37. The first kappa shape index (κ1) is 10.6. The third kappa shape index (κ3) is 2.78. The number of methoxy groups -OCH3 is 1. The van der Waals surface area contributed by atoms with Gasteiger partial charge < -0.3 is 4.74 Å². The molecule has 0 amide bonds. The van der Waals surface area contributed by atoms with Crippen LogP contribution in [0.4, 0.5) is 0 Å². The molecule has 14 heavy (non-hydrogen) atoms. The molecule has 0 N–H and O–H groups in total. The second-order valence-corrected chi connectivity index (χ2v) is 2.95. The standard InChI is InChI=1S/C11H13NO2/c1-9-5-3-4-6-10(9)7-8-11(12-13)14-2/h3-8,11H,1-2H3. The summed E-state index contributed by atoms with van der Waals surface area (Å²) in [5.41, 5.74) is 2.22. The largest absolute Gasteiger partial charge is 0.353 e. The number of rotatable bonds is 4. The van der Waals surface area contributed by atoms with Gasteiger partial charge in [0.05, 0.1) is 0 Å². The highest BCUT2D eigenvalue weighted by molar-refractivity contribution is 5.53. The Bertz CT molecular complexity index is 334. The van der Waals surface area contributed by atoms with E-state index in [0.717, 1.165) is 11.1 Å². The lowest BCUT2D eigenvalue weighted by Crippen LogP contribution is -2.00. The van der Waals surface area contributed by atoms with Crippen molar-refractivity contribution < 1.29 is 4.74 Å². The van der Waals surface area contributed by atoms with Crippen molar-refractivity contribution in [2.24, 2.45) is 5.18 Å². The number of hydrogen-bond donors (Lipinski definition) is 0. The minimum Gasteiger partial charge on any atom is -0.353 e. The molecule has 0 bridgehead atoms. The van der Waals surface area contributed by atoms with Gasteiger partial charge in [0, 0.05) is 7.11 Å². The summed E-state index contributed by atoms with van der Waals surface area (Å²) in [5.74, 6) is 0. The van der Waals surface area contributed by atoms with E-state index in [1.54, 1.807) is 6.08 Å². The van der Waals surface area contributed by atoms with Gasteiger partial charge in [0.2, 0.25) is 6.23 Å². The van der Waals surface area contributed by atoms with E-state index in [9.17, 15) is 4.91 Å². The van der Waals surface area contributed by atoms with Crippen LogP contribution in [-0.4, -0.2) is 13.3 Å². The Morgan fingerprint density at radius 3 is 2.71 bits per heavy atom. The molecule has 0 heterocycles. The van der Waals surface area contributed by atoms with E-state index in [0.29, 0.717) is 0 Å². The topological polar surface area (TPSA) is 38.7 Å². The summed E-state index contributed by atoms with van der Waals surface area (Å²) in [6.45, 7) is 2.01. The number of hydrogen-bond acceptors (Lipinski definition) is 3. The van der Waals surface area contributed by atoms with Crippen LogP contribution in [-0.2, 0) is 4.74 Å². The average Bonchev–Trinajstić information content (AvgIpc) is 2.22. The lowest BCUT2D eigenvalue weighted by molar-refractivity contribution is 0.148. The molecule has 0 saturated carbocycles. The highest BCUT2D eigenvalue weighted by atomic mass is 16.5. The van der Waals surface area contributed by atoms with Crippen LogP contribution in [0.1, 0.15) is 11.1 Å². The van der Waals surface area contributed by atoms with Crippen LogP contribution in [0.15, 0.2) is 35.5 Å². The molecular formula is C11H13NO2. The molecule has 1 aromatic carbocycles. The predicted octanol–water partition coefficient (Wildman–Crippen LogP) is 2.75. The van der Waals surface area contributed by atoms with E-state index in [1.807, 2.05) is 37.3 Å². The fourth-order valence-corrected chi connectivity index (χ4v) is 1.12. The highest BCUT2D eigenvalue weighted by Crippen LogP contribution is 2.09. The molecule has 0 aliphatic carbocycles. The monoisotopic (exact) mass is 191 g/mol. The second kappa shape index (κ2) is 5.29. The van der Waals surface area contributed by atoms with E-state index >= 15 is 0 Å². The zero-order valence-corrected chi connectivity index (χ0v) is 8.31. The molecular weight excluding hydrogens is 178 g/mol. The predicted molar refractivity (Wildman–Crippen MR) is 56.8 cm³/mol. The number of benzene rings is 1. The Kier molecular flexibility index (Phi) is 4.01. The van der Waals surface area contributed by atoms with Crippen LogP contribution in [0.3, 0.4) is 0 Å². The van der Waals surface area contributed by atoms with Crippen molar-refractivity contribution in [3.63, 3.8) is 0 Å². The minimum absolute atomic E-state index is 0.699. The summed E-state index contributed by atoms with van der Waals surface area (Å²) >= 11 is 0. The average molecular weight is 191 g/mol. The first-order chi connectivity index (χ1) is 6.77. The van der Waals surface area contributed by atoms with E-state index in [1.165, 1.54) is 7.11 Å². The molecule has 1 rings (SSSR count). The number of nitrogens with zero attached hydrogens (tertiary/aromatic N) is 1. The lowest BCUT2D eigenvalue weighted by Gasteiger charge is -2.01. The molecule has 0 aliphatic heterocycles. The Labute approximate surface area is 83.4 Å². The number of ether oxygens (including phenoxy) is 1. The van der Waals surface area contributed by atoms with E-state index < -0.39 is 6.23 Å². The van der Waals surface area contributed by atoms with Crippen LogP contribution in [0.5, 0.6) is 0 Å². The van der Waals surface area contributed by atoms with E-state index in [-0.39, 0.29) is 0 Å². The van der Waals surface area contributed by atoms with Crippen LogP contribution in [0, 0.1) is 11.8 Å². The molecule has 0 aromatic heterocycles. The van der Waals surface area contributed by atoms with Gasteiger partial charge in [-0.15, -0.1) is 4.91 Å². The molecule has 0 saturated heterocycles. The van der Waals surface area contributed by atoms with E-state index in [4.69, 9.17) is 4.74 Å². The normalized spacial score (nSPS) is 13.0. The summed E-state index contributed by atoms with van der Waals surface area (Å²) in [6, 6.07) is 7.90. The number of aryl methyl sites for hydroxylation is 1. The number of nitroso groups, excluding NO2 is 1. The fraction of sp³-hybridized carbons (Fsp3) is 0.273. The van der Waals surface area contributed by atoms with Gasteiger partial charge in [-0.3, -0.25) is 0 Å². The van der Waals surface area contributed by atoms with Gasteiger partial charge in [-0.25, -0.2) is 0 Å². The molecule has 0 aliphatic rings. The van der Waals surface area contributed by atoms with Gasteiger partial charge in [0.15, 0.2) is 0 Å². The van der Waals surface area contributed by atoms with Crippen LogP contribution < -0.4 is 0 Å². The van der Waals surface area contributed by atoms with Crippen molar-refractivity contribution in [3.05, 3.63) is 46.4 Å². The molecule has 1 aromatic rings. The van der Waals surface area contributed by atoms with Crippen LogP contribution in [0.25, 0.3) is 6.08 Å². The Morgan fingerprint density at radius 2 is 2.14 bits per heavy atom. The van der Waals surface area contributed by atoms with Crippen molar-refractivity contribution >= 4 is 6.08 Å². The van der Waals surface area contributed by atoms with Gasteiger partial charge in [-0.05, 0) is 29.3 Å². The Morgan fingerprint density at radius 1 is 1.43 bits per heavy atom. The summed E-state index contributed by atoms with van der Waals surface area (Å²) < 4.78 is 4.80. The zero-order chi connectivity index (χ0) is 10.4. The molecule has 0 fully saturated rings. The quantitative estimate of drug-likeness (QED) is 0.686. The summed E-state index contributed by atoms with van der Waals surface area (Å²) in [7, 11) is 1.45. The first-order valence-electron chi connectivity index (χ1n) is 4.37. The van der Waals surface area contributed by atoms with Gasteiger partial charge >= 0.3 is 0 Å². The zero-order valence-electron chi connectivity index (χ0n) is 8.31. The maximum absolute atomic E-state index is 10.2. The molecule has 0 radical (unpaired) electrons. The Balaban J connectivity index is 2.77. The molecule has 74 valence electrons. The lowest BCUT2D eigenvalue weighted by atomic mass is 10.1. The SMILES string of the molecule is COC(C=Cc1ccccc1C)N=O. The van der Waals surface area contributed by atoms with E-state index in [2.05, 4.69) is 5.18 Å². The molecule has 1 atom stereocenters. The highest BCUT2D eigenvalue weighted by Gasteiger charge is 1.99. The molecule has 3 nitrogen and oxygen atoms in total. The van der Waals surface area contributed by atoms with Crippen molar-refractivity contribution in [1.29, 1.82) is 0 Å². The smallest absolute Gasteiger partial charge is 0.208 e. The van der Waals surface area contributed by atoms with Crippen molar-refractivity contribution in [2.45, 2.75) is 13.2 Å². The van der Waals surface area contributed by atoms with Crippen molar-refractivity contribution in [2.75, 3.05) is 7.11 Å². The summed E-state index contributed by atoms with van der Waals surface area (Å²) in [4.78, 5) is 10.2. The van der Waals surface area contributed by atoms with Gasteiger partial charge in [0.25, 0.3) is 0 Å². The van der Waals surface area contributed by atoms with Crippen LogP contribution >= 0.6 is 0 Å². The Hall–Kier alpha value is -1.48. The molecule has 1 unspecified atom stereocenters. The molecule has 3 heteroatoms. The van der Waals surface area contributed by atoms with Crippen LogP contribution in [0.2, 0.25) is 0 Å². The third-order valence-electron chi connectivity index (χ3n) is 1.97. The summed E-state index contributed by atoms with van der Waals surface area (Å²) in [6.07, 6.45) is 2.77. The fourth-order valence-electron chi connectivity index (χ4n) is 1.12. The van der Waals surface area contributed by atoms with Crippen molar-refractivity contribution in [3.8, 4) is 0 Å². The van der Waals surface area contributed by atoms with Gasteiger partial charge in [0.1, 0.15) is 0 Å². The second-order valence-electron chi connectivity index (χ2n) is 2.95. The third-order valence-corrected chi connectivity index (χ3v) is 1.97.